The van der Waals surface area contributed by atoms with Crippen LogP contribution in [0.4, 0.5) is 5.69 Å². The van der Waals surface area contributed by atoms with Gasteiger partial charge >= 0.3 is 0 Å². The summed E-state index contributed by atoms with van der Waals surface area (Å²) in [6.45, 7) is 1.87. The highest BCUT2D eigenvalue weighted by Crippen LogP contribution is 2.42. The predicted molar refractivity (Wildman–Crippen MR) is 55.5 cm³/mol. The number of nitro benzene ring substituents is 1. The molecular weight excluding hydrogens is 194 g/mol. The second kappa shape index (κ2) is 3.62. The van der Waals surface area contributed by atoms with Crippen LogP contribution in [0.3, 0.4) is 0 Å². The smallest absolute Gasteiger partial charge is 0.269 e. The predicted octanol–water partition coefficient (Wildman–Crippen LogP) is 2.35. The van der Waals surface area contributed by atoms with E-state index in [-0.39, 0.29) is 5.69 Å². The maximum Gasteiger partial charge on any atom is 0.269 e. The first-order valence-corrected chi connectivity index (χ1v) is 5.02. The molecule has 1 aliphatic rings. The molecule has 1 atom stereocenters. The number of hydrogen-bond acceptors (Lipinski definition) is 3. The number of hydrogen-bond donors (Lipinski definition) is 1. The lowest BCUT2D eigenvalue weighted by Crippen LogP contribution is -2.03. The second-order valence-corrected chi connectivity index (χ2v) is 4.08. The molecule has 1 N–H and O–H groups in total. The lowest BCUT2D eigenvalue weighted by molar-refractivity contribution is -0.385. The molecule has 0 radical (unpaired) electrons. The van der Waals surface area contributed by atoms with Crippen LogP contribution in [0.2, 0.25) is 0 Å². The maximum atomic E-state index is 10.6. The van der Waals surface area contributed by atoms with Gasteiger partial charge in [-0.1, -0.05) is 6.07 Å². The Kier molecular flexibility index (Phi) is 2.44. The van der Waals surface area contributed by atoms with Gasteiger partial charge in [0.15, 0.2) is 0 Å². The highest BCUT2D eigenvalue weighted by atomic mass is 16.6. The highest BCUT2D eigenvalue weighted by Gasteiger charge is 2.32. The van der Waals surface area contributed by atoms with Crippen molar-refractivity contribution in [3.8, 4) is 0 Å². The molecule has 0 bridgehead atoms. The summed E-state index contributed by atoms with van der Waals surface area (Å²) in [6.07, 6.45) is 1.50. The molecular formula is C11H13NO3. The van der Waals surface area contributed by atoms with Crippen LogP contribution in [0.5, 0.6) is 0 Å². The first kappa shape index (κ1) is 10.1. The molecule has 4 nitrogen and oxygen atoms in total. The zero-order valence-electron chi connectivity index (χ0n) is 8.51. The molecule has 1 fully saturated rings. The third-order valence-electron chi connectivity index (χ3n) is 2.86. The van der Waals surface area contributed by atoms with Crippen LogP contribution in [0, 0.1) is 23.0 Å². The van der Waals surface area contributed by atoms with Crippen LogP contribution in [-0.2, 0) is 0 Å². The van der Waals surface area contributed by atoms with Crippen LogP contribution < -0.4 is 0 Å². The summed E-state index contributed by atoms with van der Waals surface area (Å²) in [6, 6.07) is 4.65. The summed E-state index contributed by atoms with van der Waals surface area (Å²) in [7, 11) is 0. The monoisotopic (exact) mass is 207 g/mol. The molecule has 1 aromatic carbocycles. The molecule has 0 heterocycles. The van der Waals surface area contributed by atoms with Crippen LogP contribution in [0.25, 0.3) is 0 Å². The van der Waals surface area contributed by atoms with E-state index in [2.05, 4.69) is 0 Å². The van der Waals surface area contributed by atoms with E-state index in [1.165, 1.54) is 12.1 Å². The van der Waals surface area contributed by atoms with E-state index in [4.69, 9.17) is 0 Å². The van der Waals surface area contributed by atoms with Gasteiger partial charge in [0.2, 0.25) is 0 Å². The fourth-order valence-electron chi connectivity index (χ4n) is 1.73. The summed E-state index contributed by atoms with van der Waals surface area (Å²) in [5.74, 6) is 0.297. The van der Waals surface area contributed by atoms with Gasteiger partial charge in [-0.25, -0.2) is 0 Å². The van der Waals surface area contributed by atoms with Gasteiger partial charge < -0.3 is 5.11 Å². The van der Waals surface area contributed by atoms with E-state index in [9.17, 15) is 15.2 Å². The standard InChI is InChI=1S/C11H13NO3/c1-7-2-5-9(12(14)15)6-10(7)11(13)8-3-4-8/h2,5-6,8,11,13H,3-4H2,1H3. The third-order valence-corrected chi connectivity index (χ3v) is 2.86. The Morgan fingerprint density at radius 3 is 2.73 bits per heavy atom. The average molecular weight is 207 g/mol. The Balaban J connectivity index is 2.35. The van der Waals surface area contributed by atoms with E-state index >= 15 is 0 Å². The van der Waals surface area contributed by atoms with Crippen molar-refractivity contribution in [2.75, 3.05) is 0 Å². The number of nitrogens with zero attached hydrogens (tertiary/aromatic N) is 1. The number of aryl methyl sites for hydroxylation is 1. The van der Waals surface area contributed by atoms with Crippen molar-refractivity contribution in [2.24, 2.45) is 5.92 Å². The van der Waals surface area contributed by atoms with Crippen LogP contribution >= 0.6 is 0 Å². The molecule has 0 aromatic heterocycles. The van der Waals surface area contributed by atoms with Crippen LogP contribution in [0.15, 0.2) is 18.2 Å². The summed E-state index contributed by atoms with van der Waals surface area (Å²) < 4.78 is 0. The molecule has 80 valence electrons. The van der Waals surface area contributed by atoms with Gasteiger partial charge in [0.05, 0.1) is 11.0 Å². The zero-order valence-corrected chi connectivity index (χ0v) is 8.51. The van der Waals surface area contributed by atoms with Gasteiger partial charge in [0.1, 0.15) is 0 Å². The first-order chi connectivity index (χ1) is 7.09. The molecule has 1 unspecified atom stereocenters. The zero-order chi connectivity index (χ0) is 11.0. The Bertz CT molecular complexity index is 399. The van der Waals surface area contributed by atoms with Gasteiger partial charge in [-0.3, -0.25) is 10.1 Å². The maximum absolute atomic E-state index is 10.6. The number of non-ortho nitro benzene ring substituents is 1. The SMILES string of the molecule is Cc1ccc([N+](=O)[O-])cc1C(O)C1CC1. The molecule has 1 aromatic rings. The third kappa shape index (κ3) is 1.99. The minimum absolute atomic E-state index is 0.0512. The Labute approximate surface area is 87.7 Å². The Morgan fingerprint density at radius 2 is 2.20 bits per heavy atom. The average Bonchev–Trinajstić information content (AvgIpc) is 3.00. The molecule has 0 aliphatic heterocycles. The van der Waals surface area contributed by atoms with E-state index < -0.39 is 11.0 Å². The quantitative estimate of drug-likeness (QED) is 0.611. The number of aliphatic hydroxyl groups is 1. The van der Waals surface area contributed by atoms with E-state index in [1.54, 1.807) is 6.07 Å². The molecule has 1 aliphatic carbocycles. The van der Waals surface area contributed by atoms with E-state index in [0.29, 0.717) is 11.5 Å². The lowest BCUT2D eigenvalue weighted by Gasteiger charge is -2.12. The Morgan fingerprint density at radius 1 is 1.53 bits per heavy atom. The van der Waals surface area contributed by atoms with Crippen molar-refractivity contribution in [3.63, 3.8) is 0 Å². The molecule has 15 heavy (non-hydrogen) atoms. The molecule has 0 saturated heterocycles. The van der Waals surface area contributed by atoms with Crippen molar-refractivity contribution in [1.82, 2.24) is 0 Å². The summed E-state index contributed by atoms with van der Waals surface area (Å²) in [5.41, 5.74) is 1.67. The van der Waals surface area contributed by atoms with Crippen molar-refractivity contribution >= 4 is 5.69 Å². The summed E-state index contributed by atoms with van der Waals surface area (Å²) in [4.78, 5) is 10.2. The minimum atomic E-state index is -0.537. The van der Waals surface area contributed by atoms with Gasteiger partial charge in [0.25, 0.3) is 5.69 Å². The number of nitro groups is 1. The van der Waals surface area contributed by atoms with Crippen molar-refractivity contribution in [2.45, 2.75) is 25.9 Å². The van der Waals surface area contributed by atoms with Crippen molar-refractivity contribution in [1.29, 1.82) is 0 Å². The topological polar surface area (TPSA) is 63.4 Å². The largest absolute Gasteiger partial charge is 0.388 e. The van der Waals surface area contributed by atoms with E-state index in [0.717, 1.165) is 18.4 Å². The fourth-order valence-corrected chi connectivity index (χ4v) is 1.73. The molecule has 1 saturated carbocycles. The van der Waals surface area contributed by atoms with Gasteiger partial charge in [-0.2, -0.15) is 0 Å². The number of aliphatic hydroxyl groups excluding tert-OH is 1. The van der Waals surface area contributed by atoms with E-state index in [1.807, 2.05) is 6.92 Å². The number of rotatable bonds is 3. The van der Waals surface area contributed by atoms with Crippen LogP contribution in [0.1, 0.15) is 30.1 Å². The second-order valence-electron chi connectivity index (χ2n) is 4.08. The minimum Gasteiger partial charge on any atom is -0.388 e. The van der Waals surface area contributed by atoms with Gasteiger partial charge in [-0.05, 0) is 36.8 Å². The first-order valence-electron chi connectivity index (χ1n) is 5.02. The normalized spacial score (nSPS) is 17.5. The van der Waals surface area contributed by atoms with Crippen LogP contribution in [-0.4, -0.2) is 10.0 Å². The lowest BCUT2D eigenvalue weighted by atomic mass is 9.99. The Hall–Kier alpha value is -1.42. The molecule has 4 heteroatoms. The summed E-state index contributed by atoms with van der Waals surface area (Å²) >= 11 is 0. The molecule has 0 amide bonds. The molecule has 0 spiro atoms. The van der Waals surface area contributed by atoms with Crippen molar-refractivity contribution < 1.29 is 10.0 Å². The molecule has 2 rings (SSSR count). The van der Waals surface area contributed by atoms with Crippen molar-refractivity contribution in [3.05, 3.63) is 39.4 Å². The fraction of sp³-hybridized carbons (Fsp3) is 0.455. The highest BCUT2D eigenvalue weighted by molar-refractivity contribution is 5.40. The summed E-state index contributed by atoms with van der Waals surface area (Å²) in [5, 5.41) is 20.5. The van der Waals surface area contributed by atoms with Gasteiger partial charge in [-0.15, -0.1) is 0 Å². The van der Waals surface area contributed by atoms with Gasteiger partial charge in [0, 0.05) is 12.1 Å². The number of benzene rings is 1.